The Hall–Kier alpha value is -2.53. The number of hydrogen-bond acceptors (Lipinski definition) is 2. The number of carbonyl (C=O) groups is 2. The SMILES string of the molecule is Cc1ccc(NC(=O)N[C@H](C)c2ccc(Cl)cc2)cc1C(N)=O. The van der Waals surface area contributed by atoms with E-state index in [2.05, 4.69) is 10.6 Å². The summed E-state index contributed by atoms with van der Waals surface area (Å²) in [5, 5.41) is 6.15. The van der Waals surface area contributed by atoms with Crippen LogP contribution >= 0.6 is 11.6 Å². The van der Waals surface area contributed by atoms with Gasteiger partial charge in [0, 0.05) is 16.3 Å². The Morgan fingerprint density at radius 1 is 1.13 bits per heavy atom. The van der Waals surface area contributed by atoms with Gasteiger partial charge < -0.3 is 16.4 Å². The summed E-state index contributed by atoms with van der Waals surface area (Å²) < 4.78 is 0. The number of urea groups is 1. The molecule has 2 aromatic rings. The van der Waals surface area contributed by atoms with Crippen molar-refractivity contribution in [3.05, 3.63) is 64.2 Å². The van der Waals surface area contributed by atoms with Crippen LogP contribution < -0.4 is 16.4 Å². The third-order valence-corrected chi connectivity index (χ3v) is 3.73. The predicted molar refractivity (Wildman–Crippen MR) is 91.7 cm³/mol. The number of halogens is 1. The van der Waals surface area contributed by atoms with Crippen molar-refractivity contribution in [2.75, 3.05) is 5.32 Å². The average molecular weight is 332 g/mol. The first kappa shape index (κ1) is 16.8. The van der Waals surface area contributed by atoms with Crippen molar-refractivity contribution in [3.8, 4) is 0 Å². The molecule has 0 unspecified atom stereocenters. The summed E-state index contributed by atoms with van der Waals surface area (Å²) in [6.45, 7) is 3.65. The number of benzene rings is 2. The van der Waals surface area contributed by atoms with Crippen molar-refractivity contribution in [1.82, 2.24) is 5.32 Å². The van der Waals surface area contributed by atoms with Crippen LogP contribution in [0.1, 0.15) is 34.5 Å². The molecule has 0 aliphatic rings. The lowest BCUT2D eigenvalue weighted by Gasteiger charge is -2.15. The molecule has 4 N–H and O–H groups in total. The van der Waals surface area contributed by atoms with Gasteiger partial charge in [-0.1, -0.05) is 29.8 Å². The van der Waals surface area contributed by atoms with Crippen molar-refractivity contribution in [2.45, 2.75) is 19.9 Å². The molecule has 0 spiro atoms. The second-order valence-corrected chi connectivity index (χ2v) is 5.70. The summed E-state index contributed by atoms with van der Waals surface area (Å²) in [5.74, 6) is -0.527. The Kier molecular flexibility index (Phi) is 5.24. The summed E-state index contributed by atoms with van der Waals surface area (Å²) in [6.07, 6.45) is 0. The molecule has 0 radical (unpaired) electrons. The Balaban J connectivity index is 2.03. The molecular formula is C17H18ClN3O2. The normalized spacial score (nSPS) is 11.6. The molecule has 0 aromatic heterocycles. The van der Waals surface area contributed by atoms with Crippen molar-refractivity contribution < 1.29 is 9.59 Å². The summed E-state index contributed by atoms with van der Waals surface area (Å²) in [7, 11) is 0. The van der Waals surface area contributed by atoms with Crippen molar-refractivity contribution in [3.63, 3.8) is 0 Å². The van der Waals surface area contributed by atoms with Crippen LogP contribution in [0.2, 0.25) is 5.02 Å². The number of primary amides is 1. The van der Waals surface area contributed by atoms with Gasteiger partial charge in [0.1, 0.15) is 0 Å². The minimum absolute atomic E-state index is 0.187. The summed E-state index contributed by atoms with van der Waals surface area (Å²) in [4.78, 5) is 23.4. The van der Waals surface area contributed by atoms with Crippen LogP contribution in [0.4, 0.5) is 10.5 Å². The molecule has 1 atom stereocenters. The van der Waals surface area contributed by atoms with Crippen LogP contribution in [0.3, 0.4) is 0 Å². The maximum Gasteiger partial charge on any atom is 0.319 e. The molecule has 6 heteroatoms. The number of hydrogen-bond donors (Lipinski definition) is 3. The number of aryl methyl sites for hydroxylation is 1. The van der Waals surface area contributed by atoms with E-state index >= 15 is 0 Å². The first-order chi connectivity index (χ1) is 10.9. The fraction of sp³-hybridized carbons (Fsp3) is 0.176. The highest BCUT2D eigenvalue weighted by Gasteiger charge is 2.11. The van der Waals surface area contributed by atoms with Crippen molar-refractivity contribution in [2.24, 2.45) is 5.73 Å². The van der Waals surface area contributed by atoms with Crippen LogP contribution in [0, 0.1) is 6.92 Å². The van der Waals surface area contributed by atoms with E-state index in [-0.39, 0.29) is 12.1 Å². The maximum atomic E-state index is 12.1. The third-order valence-electron chi connectivity index (χ3n) is 3.48. The first-order valence-corrected chi connectivity index (χ1v) is 7.48. The molecule has 23 heavy (non-hydrogen) atoms. The topological polar surface area (TPSA) is 84.2 Å². The van der Waals surface area contributed by atoms with E-state index in [1.54, 1.807) is 37.3 Å². The molecule has 2 aromatic carbocycles. The summed E-state index contributed by atoms with van der Waals surface area (Å²) in [5.41, 5.74) is 7.89. The molecule has 0 saturated carbocycles. The quantitative estimate of drug-likeness (QED) is 0.799. The van der Waals surface area contributed by atoms with E-state index in [1.165, 1.54) is 0 Å². The second-order valence-electron chi connectivity index (χ2n) is 5.27. The van der Waals surface area contributed by atoms with Gasteiger partial charge in [-0.2, -0.15) is 0 Å². The Morgan fingerprint density at radius 3 is 2.39 bits per heavy atom. The maximum absolute atomic E-state index is 12.1. The monoisotopic (exact) mass is 331 g/mol. The standard InChI is InChI=1S/C17H18ClN3O2/c1-10-3-8-14(9-15(10)16(19)22)21-17(23)20-11(2)12-4-6-13(18)7-5-12/h3-9,11H,1-2H3,(H2,19,22)(H2,20,21,23)/t11-/m1/s1. The molecule has 3 amide bonds. The fourth-order valence-corrected chi connectivity index (χ4v) is 2.29. The molecule has 120 valence electrons. The van der Waals surface area contributed by atoms with Gasteiger partial charge in [-0.3, -0.25) is 4.79 Å². The largest absolute Gasteiger partial charge is 0.366 e. The molecule has 0 aliphatic heterocycles. The smallest absolute Gasteiger partial charge is 0.319 e. The molecule has 0 fully saturated rings. The average Bonchev–Trinajstić information content (AvgIpc) is 2.49. The summed E-state index contributed by atoms with van der Waals surface area (Å²) in [6, 6.07) is 11.7. The highest BCUT2D eigenvalue weighted by molar-refractivity contribution is 6.30. The van der Waals surface area contributed by atoms with Gasteiger partial charge in [0.15, 0.2) is 0 Å². The number of amides is 3. The first-order valence-electron chi connectivity index (χ1n) is 7.10. The highest BCUT2D eigenvalue weighted by Crippen LogP contribution is 2.17. The minimum Gasteiger partial charge on any atom is -0.366 e. The lowest BCUT2D eigenvalue weighted by Crippen LogP contribution is -2.31. The number of nitrogens with one attached hydrogen (secondary N) is 2. The van der Waals surface area contributed by atoms with Gasteiger partial charge in [-0.25, -0.2) is 4.79 Å². The van der Waals surface area contributed by atoms with E-state index in [4.69, 9.17) is 17.3 Å². The minimum atomic E-state index is -0.527. The Labute approximate surface area is 139 Å². The van der Waals surface area contributed by atoms with Crippen LogP contribution in [0.25, 0.3) is 0 Å². The van der Waals surface area contributed by atoms with Gasteiger partial charge in [0.2, 0.25) is 5.91 Å². The lowest BCUT2D eigenvalue weighted by molar-refractivity contribution is 0.0999. The van der Waals surface area contributed by atoms with Gasteiger partial charge in [-0.05, 0) is 49.2 Å². The zero-order chi connectivity index (χ0) is 17.0. The van der Waals surface area contributed by atoms with Gasteiger partial charge >= 0.3 is 6.03 Å². The molecule has 0 heterocycles. The number of nitrogens with two attached hydrogens (primary N) is 1. The molecule has 0 bridgehead atoms. The predicted octanol–water partition coefficient (Wildman–Crippen LogP) is 3.63. The fourth-order valence-electron chi connectivity index (χ4n) is 2.16. The third kappa shape index (κ3) is 4.47. The molecule has 0 saturated heterocycles. The Morgan fingerprint density at radius 2 is 1.78 bits per heavy atom. The van der Waals surface area contributed by atoms with E-state index < -0.39 is 5.91 Å². The summed E-state index contributed by atoms with van der Waals surface area (Å²) >= 11 is 5.85. The molecular weight excluding hydrogens is 314 g/mol. The molecule has 2 rings (SSSR count). The van der Waals surface area contributed by atoms with Gasteiger partial charge in [0.05, 0.1) is 6.04 Å². The van der Waals surface area contributed by atoms with Gasteiger partial charge in [-0.15, -0.1) is 0 Å². The number of rotatable bonds is 4. The molecule has 0 aliphatic carbocycles. The van der Waals surface area contributed by atoms with E-state index in [0.29, 0.717) is 16.3 Å². The highest BCUT2D eigenvalue weighted by atomic mass is 35.5. The van der Waals surface area contributed by atoms with E-state index in [0.717, 1.165) is 11.1 Å². The van der Waals surface area contributed by atoms with Crippen LogP contribution in [-0.4, -0.2) is 11.9 Å². The van der Waals surface area contributed by atoms with Gasteiger partial charge in [0.25, 0.3) is 0 Å². The Bertz CT molecular complexity index is 729. The van der Waals surface area contributed by atoms with Crippen molar-refractivity contribution >= 4 is 29.2 Å². The zero-order valence-corrected chi connectivity index (χ0v) is 13.6. The second kappa shape index (κ2) is 7.15. The molecule has 5 nitrogen and oxygen atoms in total. The number of carbonyl (C=O) groups excluding carboxylic acids is 2. The van der Waals surface area contributed by atoms with Crippen LogP contribution in [0.15, 0.2) is 42.5 Å². The van der Waals surface area contributed by atoms with Crippen LogP contribution in [0.5, 0.6) is 0 Å². The van der Waals surface area contributed by atoms with Crippen molar-refractivity contribution in [1.29, 1.82) is 0 Å². The lowest BCUT2D eigenvalue weighted by atomic mass is 10.1. The zero-order valence-electron chi connectivity index (χ0n) is 12.9. The number of anilines is 1. The van der Waals surface area contributed by atoms with E-state index in [1.807, 2.05) is 19.1 Å². The van der Waals surface area contributed by atoms with E-state index in [9.17, 15) is 9.59 Å². The van der Waals surface area contributed by atoms with Crippen LogP contribution in [-0.2, 0) is 0 Å².